The summed E-state index contributed by atoms with van der Waals surface area (Å²) in [7, 11) is 1.36. The number of hydrogen-bond acceptors (Lipinski definition) is 7. The molecule has 0 bridgehead atoms. The van der Waals surface area contributed by atoms with Gasteiger partial charge in [-0.05, 0) is 43.5 Å². The van der Waals surface area contributed by atoms with E-state index in [-0.39, 0.29) is 31.4 Å². The summed E-state index contributed by atoms with van der Waals surface area (Å²) in [6.45, 7) is -0.0366. The van der Waals surface area contributed by atoms with Crippen LogP contribution in [0.3, 0.4) is 0 Å². The van der Waals surface area contributed by atoms with Gasteiger partial charge in [-0.25, -0.2) is 0 Å². The number of esters is 1. The fourth-order valence-electron chi connectivity index (χ4n) is 3.24. The third-order valence-corrected chi connectivity index (χ3v) is 5.12. The van der Waals surface area contributed by atoms with E-state index in [0.29, 0.717) is 36.5 Å². The zero-order valence-electron chi connectivity index (χ0n) is 17.0. The van der Waals surface area contributed by atoms with Crippen LogP contribution in [0.4, 0.5) is 0 Å². The molecule has 0 spiro atoms. The highest BCUT2D eigenvalue weighted by molar-refractivity contribution is 6.30. The fourth-order valence-corrected chi connectivity index (χ4v) is 3.36. The number of halogens is 1. The number of carbonyl (C=O) groups excluding carboxylic acids is 2. The average Bonchev–Trinajstić information content (AvgIpc) is 3.00. The molecule has 166 valence electrons. The minimum Gasteiger partial charge on any atom is -0.491 e. The number of Topliss-reactive ketones (excluding diaryl/α,β-unsaturated/α-hetero) is 1. The van der Waals surface area contributed by atoms with E-state index in [0.717, 1.165) is 0 Å². The van der Waals surface area contributed by atoms with Crippen molar-refractivity contribution in [3.8, 4) is 5.75 Å². The van der Waals surface area contributed by atoms with Crippen molar-refractivity contribution >= 4 is 23.4 Å². The first-order valence-electron chi connectivity index (χ1n) is 10.0. The molecule has 4 atom stereocenters. The van der Waals surface area contributed by atoms with E-state index in [1.54, 1.807) is 24.3 Å². The van der Waals surface area contributed by atoms with E-state index < -0.39 is 24.2 Å². The van der Waals surface area contributed by atoms with Gasteiger partial charge in [0.1, 0.15) is 24.2 Å². The first kappa shape index (κ1) is 24.3. The molecule has 0 amide bonds. The Kier molecular flexibility index (Phi) is 10.3. The van der Waals surface area contributed by atoms with Crippen molar-refractivity contribution in [2.45, 2.75) is 50.4 Å². The number of benzene rings is 1. The molecule has 1 unspecified atom stereocenters. The molecule has 0 heterocycles. The Morgan fingerprint density at radius 2 is 2.00 bits per heavy atom. The van der Waals surface area contributed by atoms with E-state index in [2.05, 4.69) is 4.74 Å². The molecular weight excluding hydrogens is 412 g/mol. The number of methoxy groups -OCH3 is 1. The summed E-state index contributed by atoms with van der Waals surface area (Å²) in [6.07, 6.45) is 3.53. The zero-order chi connectivity index (χ0) is 21.9. The van der Waals surface area contributed by atoms with Gasteiger partial charge in [0, 0.05) is 23.8 Å². The maximum absolute atomic E-state index is 12.2. The van der Waals surface area contributed by atoms with Gasteiger partial charge >= 0.3 is 5.97 Å². The molecule has 1 aliphatic rings. The van der Waals surface area contributed by atoms with Gasteiger partial charge in [-0.1, -0.05) is 23.8 Å². The van der Waals surface area contributed by atoms with Crippen LogP contribution in [0.15, 0.2) is 36.4 Å². The molecule has 2 N–H and O–H groups in total. The monoisotopic (exact) mass is 440 g/mol. The van der Waals surface area contributed by atoms with E-state index >= 15 is 0 Å². The van der Waals surface area contributed by atoms with E-state index in [4.69, 9.17) is 21.1 Å². The predicted molar refractivity (Wildman–Crippen MR) is 111 cm³/mol. The van der Waals surface area contributed by atoms with Gasteiger partial charge in [-0.3, -0.25) is 9.59 Å². The molecule has 1 saturated carbocycles. The van der Waals surface area contributed by atoms with Crippen LogP contribution < -0.4 is 4.74 Å². The Morgan fingerprint density at radius 3 is 2.70 bits per heavy atom. The molecule has 8 heteroatoms. The summed E-state index contributed by atoms with van der Waals surface area (Å²) in [5.41, 5.74) is 0. The molecular formula is C22H29ClO7. The molecule has 0 aliphatic heterocycles. The van der Waals surface area contributed by atoms with Gasteiger partial charge in [0.2, 0.25) is 0 Å². The summed E-state index contributed by atoms with van der Waals surface area (Å²) in [5.74, 6) is -0.186. The Labute approximate surface area is 181 Å². The Morgan fingerprint density at radius 1 is 1.27 bits per heavy atom. The second-order valence-electron chi connectivity index (χ2n) is 7.24. The van der Waals surface area contributed by atoms with Gasteiger partial charge in [0.15, 0.2) is 0 Å². The van der Waals surface area contributed by atoms with Crippen LogP contribution in [0.1, 0.15) is 32.1 Å². The van der Waals surface area contributed by atoms with Crippen LogP contribution in [-0.2, 0) is 19.1 Å². The maximum Gasteiger partial charge on any atom is 0.305 e. The molecule has 1 aliphatic carbocycles. The Hall–Kier alpha value is -1.93. The molecule has 1 aromatic carbocycles. The highest BCUT2D eigenvalue weighted by atomic mass is 35.5. The van der Waals surface area contributed by atoms with Gasteiger partial charge < -0.3 is 24.4 Å². The van der Waals surface area contributed by atoms with Gasteiger partial charge in [0.05, 0.1) is 25.9 Å². The lowest BCUT2D eigenvalue weighted by Crippen LogP contribution is -2.34. The Balaban J connectivity index is 1.74. The lowest BCUT2D eigenvalue weighted by atomic mass is 9.99. The molecule has 0 saturated heterocycles. The van der Waals surface area contributed by atoms with Gasteiger partial charge in [-0.2, -0.15) is 0 Å². The normalized spacial score (nSPS) is 22.4. The number of aliphatic hydroxyl groups excluding tert-OH is 2. The third kappa shape index (κ3) is 8.07. The Bertz CT molecular complexity index is 704. The SMILES string of the molecule is COC(=O)CCCC=CC[C@H]1C(=O)C[C@@H](O)[C@@H]1OCC(O)COc1ccc(Cl)cc1. The smallest absolute Gasteiger partial charge is 0.305 e. The van der Waals surface area contributed by atoms with Crippen LogP contribution in [0.5, 0.6) is 5.75 Å². The number of aliphatic hydroxyl groups is 2. The van der Waals surface area contributed by atoms with Crippen molar-refractivity contribution in [2.75, 3.05) is 20.3 Å². The number of allylic oxidation sites excluding steroid dienone is 2. The van der Waals surface area contributed by atoms with Crippen molar-refractivity contribution < 1.29 is 34.0 Å². The first-order chi connectivity index (χ1) is 14.4. The summed E-state index contributed by atoms with van der Waals surface area (Å²) >= 11 is 5.82. The number of ether oxygens (including phenoxy) is 3. The summed E-state index contributed by atoms with van der Waals surface area (Å²) in [4.78, 5) is 23.3. The minimum absolute atomic E-state index is 0.0170. The largest absolute Gasteiger partial charge is 0.491 e. The second kappa shape index (κ2) is 12.7. The first-order valence-corrected chi connectivity index (χ1v) is 10.4. The van der Waals surface area contributed by atoms with Crippen molar-refractivity contribution in [3.05, 3.63) is 41.4 Å². The van der Waals surface area contributed by atoms with Crippen molar-refractivity contribution in [2.24, 2.45) is 5.92 Å². The predicted octanol–water partition coefficient (Wildman–Crippen LogP) is 2.70. The minimum atomic E-state index is -0.905. The molecule has 0 radical (unpaired) electrons. The lowest BCUT2D eigenvalue weighted by molar-refractivity contribution is -0.140. The highest BCUT2D eigenvalue weighted by Gasteiger charge is 2.41. The van der Waals surface area contributed by atoms with Crippen molar-refractivity contribution in [1.82, 2.24) is 0 Å². The summed E-state index contributed by atoms with van der Waals surface area (Å²) < 4.78 is 15.7. The van der Waals surface area contributed by atoms with Crippen LogP contribution in [0.25, 0.3) is 0 Å². The van der Waals surface area contributed by atoms with Crippen molar-refractivity contribution in [1.29, 1.82) is 0 Å². The highest BCUT2D eigenvalue weighted by Crippen LogP contribution is 2.29. The van der Waals surface area contributed by atoms with Crippen molar-refractivity contribution in [3.63, 3.8) is 0 Å². The number of unbranched alkanes of at least 4 members (excludes halogenated alkanes) is 1. The molecule has 1 fully saturated rings. The maximum atomic E-state index is 12.2. The standard InChI is InChI=1S/C22H29ClO7/c1-28-21(27)7-5-3-2-4-6-18-19(25)12-20(26)22(18)30-14-16(24)13-29-17-10-8-15(23)9-11-17/h2,4,8-11,16,18,20,22,24,26H,3,5-7,12-14H2,1H3/t16?,18-,20+,22+/m0/s1. The van der Waals surface area contributed by atoms with Crippen LogP contribution in [0, 0.1) is 5.92 Å². The quantitative estimate of drug-likeness (QED) is 0.292. The number of rotatable bonds is 12. The number of hydrogen-bond donors (Lipinski definition) is 2. The number of ketones is 1. The summed E-state index contributed by atoms with van der Waals surface area (Å²) in [6, 6.07) is 6.77. The molecule has 7 nitrogen and oxygen atoms in total. The third-order valence-electron chi connectivity index (χ3n) is 4.87. The number of carbonyl (C=O) groups is 2. The van der Waals surface area contributed by atoms with Crippen LogP contribution in [0.2, 0.25) is 5.02 Å². The van der Waals surface area contributed by atoms with E-state index in [1.807, 2.05) is 12.2 Å². The second-order valence-corrected chi connectivity index (χ2v) is 7.67. The molecule has 0 aromatic heterocycles. The fraction of sp³-hybridized carbons (Fsp3) is 0.545. The van der Waals surface area contributed by atoms with Crippen LogP contribution in [-0.4, -0.2) is 60.6 Å². The zero-order valence-corrected chi connectivity index (χ0v) is 17.8. The van der Waals surface area contributed by atoms with E-state index in [1.165, 1.54) is 7.11 Å². The van der Waals surface area contributed by atoms with Crippen LogP contribution >= 0.6 is 11.6 Å². The molecule has 2 rings (SSSR count). The summed E-state index contributed by atoms with van der Waals surface area (Å²) in [5, 5.41) is 20.9. The lowest BCUT2D eigenvalue weighted by Gasteiger charge is -2.22. The molecule has 30 heavy (non-hydrogen) atoms. The topological polar surface area (TPSA) is 102 Å². The van der Waals surface area contributed by atoms with E-state index in [9.17, 15) is 19.8 Å². The molecule has 1 aromatic rings. The average molecular weight is 441 g/mol. The van der Waals surface area contributed by atoms with Gasteiger partial charge in [-0.15, -0.1) is 0 Å². The van der Waals surface area contributed by atoms with Gasteiger partial charge in [0.25, 0.3) is 0 Å².